The van der Waals surface area contributed by atoms with Crippen molar-refractivity contribution < 1.29 is 4.79 Å². The lowest BCUT2D eigenvalue weighted by Gasteiger charge is -2.21. The Morgan fingerprint density at radius 1 is 1.43 bits per heavy atom. The van der Waals surface area contributed by atoms with Crippen LogP contribution in [-0.2, 0) is 4.79 Å². The lowest BCUT2D eigenvalue weighted by molar-refractivity contribution is -0.131. The number of hydrogen-bond acceptors (Lipinski definition) is 2. The normalized spacial score (nSPS) is 30.1. The molecule has 1 rings (SSSR count). The zero-order valence-corrected chi connectivity index (χ0v) is 9.87. The average Bonchev–Trinajstić information content (AvgIpc) is 2.32. The zero-order valence-electron chi connectivity index (χ0n) is 9.87. The zero-order chi connectivity index (χ0) is 10.9. The summed E-state index contributed by atoms with van der Waals surface area (Å²) >= 11 is 0. The average molecular weight is 198 g/mol. The van der Waals surface area contributed by atoms with Crippen LogP contribution in [0.1, 0.15) is 34.1 Å². The number of nitrogens with zero attached hydrogens (tertiary/aromatic N) is 1. The maximum absolute atomic E-state index is 11.8. The molecule has 1 heterocycles. The van der Waals surface area contributed by atoms with Gasteiger partial charge in [-0.1, -0.05) is 13.8 Å². The molecule has 2 unspecified atom stereocenters. The van der Waals surface area contributed by atoms with Gasteiger partial charge in [0.2, 0.25) is 5.91 Å². The highest BCUT2D eigenvalue weighted by Gasteiger charge is 2.37. The summed E-state index contributed by atoms with van der Waals surface area (Å²) in [5, 5.41) is 3.41. The minimum Gasteiger partial charge on any atom is -0.343 e. The van der Waals surface area contributed by atoms with Crippen LogP contribution in [0.4, 0.5) is 0 Å². The lowest BCUT2D eigenvalue weighted by atomic mass is 9.97. The second-order valence-electron chi connectivity index (χ2n) is 4.75. The Kier molecular flexibility index (Phi) is 3.53. The Bertz CT molecular complexity index is 215. The fraction of sp³-hybridized carbons (Fsp3) is 0.909. The summed E-state index contributed by atoms with van der Waals surface area (Å²) < 4.78 is 0. The molecule has 3 atom stereocenters. The molecule has 3 nitrogen and oxygen atoms in total. The molecule has 0 aromatic rings. The number of hydrogen-bond donors (Lipinski definition) is 1. The van der Waals surface area contributed by atoms with E-state index in [0.717, 1.165) is 6.42 Å². The van der Waals surface area contributed by atoms with E-state index < -0.39 is 0 Å². The van der Waals surface area contributed by atoms with Crippen molar-refractivity contribution in [2.24, 2.45) is 5.92 Å². The van der Waals surface area contributed by atoms with E-state index in [4.69, 9.17) is 0 Å². The van der Waals surface area contributed by atoms with Gasteiger partial charge in [0.1, 0.15) is 0 Å². The van der Waals surface area contributed by atoms with Crippen molar-refractivity contribution in [3.05, 3.63) is 0 Å². The summed E-state index contributed by atoms with van der Waals surface area (Å²) in [4.78, 5) is 13.7. The monoisotopic (exact) mass is 198 g/mol. The molecule has 0 aliphatic carbocycles. The van der Waals surface area contributed by atoms with Crippen LogP contribution in [0.5, 0.6) is 0 Å². The molecule has 1 aliphatic rings. The van der Waals surface area contributed by atoms with E-state index in [1.54, 1.807) is 0 Å². The maximum Gasteiger partial charge on any atom is 0.227 e. The van der Waals surface area contributed by atoms with Crippen LogP contribution in [0.2, 0.25) is 0 Å². The van der Waals surface area contributed by atoms with Gasteiger partial charge in [0.05, 0.1) is 5.92 Å². The minimum absolute atomic E-state index is 0.164. The molecule has 0 radical (unpaired) electrons. The Hall–Kier alpha value is -0.570. The van der Waals surface area contributed by atoms with E-state index in [0.29, 0.717) is 12.1 Å². The Balaban J connectivity index is 2.57. The molecule has 0 aromatic carbocycles. The molecule has 1 fully saturated rings. The second-order valence-corrected chi connectivity index (χ2v) is 4.75. The molecule has 1 aliphatic heterocycles. The second kappa shape index (κ2) is 4.30. The fourth-order valence-corrected chi connectivity index (χ4v) is 2.17. The van der Waals surface area contributed by atoms with Crippen molar-refractivity contribution in [1.82, 2.24) is 10.2 Å². The van der Waals surface area contributed by atoms with E-state index in [-0.39, 0.29) is 17.9 Å². The SMILES string of the molecule is CC(C)N[C@H](C)C1CC(C)N(C)C1=O. The maximum atomic E-state index is 11.8. The van der Waals surface area contributed by atoms with E-state index >= 15 is 0 Å². The summed E-state index contributed by atoms with van der Waals surface area (Å²) in [6.45, 7) is 8.45. The number of amides is 1. The van der Waals surface area contributed by atoms with E-state index in [2.05, 4.69) is 33.0 Å². The Labute approximate surface area is 86.9 Å². The van der Waals surface area contributed by atoms with Gasteiger partial charge < -0.3 is 10.2 Å². The number of carbonyl (C=O) groups excluding carboxylic acids is 1. The molecule has 0 spiro atoms. The van der Waals surface area contributed by atoms with Gasteiger partial charge in [-0.05, 0) is 20.3 Å². The largest absolute Gasteiger partial charge is 0.343 e. The molecule has 1 N–H and O–H groups in total. The highest BCUT2D eigenvalue weighted by Crippen LogP contribution is 2.25. The van der Waals surface area contributed by atoms with E-state index in [9.17, 15) is 4.79 Å². The minimum atomic E-state index is 0.164. The van der Waals surface area contributed by atoms with Crippen LogP contribution < -0.4 is 5.32 Å². The third-order valence-corrected chi connectivity index (χ3v) is 3.12. The number of nitrogens with one attached hydrogen (secondary N) is 1. The number of rotatable bonds is 3. The topological polar surface area (TPSA) is 32.3 Å². The lowest BCUT2D eigenvalue weighted by Crippen LogP contribution is -2.41. The highest BCUT2D eigenvalue weighted by atomic mass is 16.2. The molecule has 3 heteroatoms. The Morgan fingerprint density at radius 3 is 2.36 bits per heavy atom. The van der Waals surface area contributed by atoms with Gasteiger partial charge in [0.25, 0.3) is 0 Å². The van der Waals surface area contributed by atoms with Crippen LogP contribution in [0, 0.1) is 5.92 Å². The predicted octanol–water partition coefficient (Wildman–Crippen LogP) is 1.24. The van der Waals surface area contributed by atoms with Crippen molar-refractivity contribution in [1.29, 1.82) is 0 Å². The predicted molar refractivity (Wildman–Crippen MR) is 58.1 cm³/mol. The van der Waals surface area contributed by atoms with Crippen molar-refractivity contribution >= 4 is 5.91 Å². The van der Waals surface area contributed by atoms with Crippen LogP contribution in [0.3, 0.4) is 0 Å². The summed E-state index contributed by atoms with van der Waals surface area (Å²) in [7, 11) is 1.90. The van der Waals surface area contributed by atoms with E-state index in [1.807, 2.05) is 11.9 Å². The summed E-state index contributed by atoms with van der Waals surface area (Å²) in [5.41, 5.74) is 0. The molecule has 0 aromatic heterocycles. The molecule has 82 valence electrons. The fourth-order valence-electron chi connectivity index (χ4n) is 2.17. The number of likely N-dealkylation sites (tertiary alicyclic amines) is 1. The highest BCUT2D eigenvalue weighted by molar-refractivity contribution is 5.81. The molecule has 1 saturated heterocycles. The quantitative estimate of drug-likeness (QED) is 0.740. The first-order valence-electron chi connectivity index (χ1n) is 5.46. The summed E-state index contributed by atoms with van der Waals surface area (Å²) in [6.07, 6.45) is 0.982. The third-order valence-electron chi connectivity index (χ3n) is 3.12. The summed E-state index contributed by atoms with van der Waals surface area (Å²) in [6, 6.07) is 1.12. The van der Waals surface area contributed by atoms with Gasteiger partial charge in [-0.15, -0.1) is 0 Å². The van der Waals surface area contributed by atoms with Crippen molar-refractivity contribution in [2.75, 3.05) is 7.05 Å². The molecular weight excluding hydrogens is 176 g/mol. The standard InChI is InChI=1S/C11H22N2O/c1-7(2)12-9(4)10-6-8(3)13(5)11(10)14/h7-10,12H,6H2,1-5H3/t8?,9-,10?/m1/s1. The van der Waals surface area contributed by atoms with Crippen molar-refractivity contribution in [3.63, 3.8) is 0 Å². The van der Waals surface area contributed by atoms with Crippen LogP contribution in [0.25, 0.3) is 0 Å². The Morgan fingerprint density at radius 2 is 2.00 bits per heavy atom. The first-order chi connectivity index (χ1) is 6.43. The molecular formula is C11H22N2O. The van der Waals surface area contributed by atoms with Gasteiger partial charge in [0.15, 0.2) is 0 Å². The summed E-state index contributed by atoms with van der Waals surface area (Å²) in [5.74, 6) is 0.454. The number of carbonyl (C=O) groups is 1. The smallest absolute Gasteiger partial charge is 0.227 e. The van der Waals surface area contributed by atoms with Gasteiger partial charge >= 0.3 is 0 Å². The van der Waals surface area contributed by atoms with Gasteiger partial charge in [0, 0.05) is 25.2 Å². The van der Waals surface area contributed by atoms with Gasteiger partial charge in [-0.2, -0.15) is 0 Å². The first-order valence-corrected chi connectivity index (χ1v) is 5.46. The van der Waals surface area contributed by atoms with Crippen LogP contribution in [0.15, 0.2) is 0 Å². The van der Waals surface area contributed by atoms with Crippen LogP contribution >= 0.6 is 0 Å². The third kappa shape index (κ3) is 2.27. The molecule has 0 saturated carbocycles. The van der Waals surface area contributed by atoms with Crippen molar-refractivity contribution in [3.8, 4) is 0 Å². The van der Waals surface area contributed by atoms with Gasteiger partial charge in [-0.3, -0.25) is 4.79 Å². The van der Waals surface area contributed by atoms with E-state index in [1.165, 1.54) is 0 Å². The van der Waals surface area contributed by atoms with Crippen molar-refractivity contribution in [2.45, 2.75) is 52.2 Å². The first kappa shape index (κ1) is 11.5. The molecule has 1 amide bonds. The van der Waals surface area contributed by atoms with Gasteiger partial charge in [-0.25, -0.2) is 0 Å². The van der Waals surface area contributed by atoms with Crippen LogP contribution in [-0.4, -0.2) is 36.0 Å². The molecule has 0 bridgehead atoms. The molecule has 14 heavy (non-hydrogen) atoms.